The zero-order chi connectivity index (χ0) is 10.3. The minimum atomic E-state index is -0.587. The lowest BCUT2D eigenvalue weighted by Crippen LogP contribution is -2.05. The number of aromatic nitrogens is 3. The number of hydrogen-bond acceptors (Lipinski definition) is 3. The van der Waals surface area contributed by atoms with Gasteiger partial charge >= 0.3 is 0 Å². The lowest BCUT2D eigenvalue weighted by Gasteiger charge is -2.09. The zero-order valence-electron chi connectivity index (χ0n) is 8.17. The van der Waals surface area contributed by atoms with E-state index >= 15 is 0 Å². The quantitative estimate of drug-likeness (QED) is 0.795. The maximum absolute atomic E-state index is 9.98. The van der Waals surface area contributed by atoms with Crippen molar-refractivity contribution in [1.82, 2.24) is 15.0 Å². The second kappa shape index (κ2) is 2.90. The summed E-state index contributed by atoms with van der Waals surface area (Å²) in [4.78, 5) is 0. The highest BCUT2D eigenvalue weighted by molar-refractivity contribution is 5.39. The van der Waals surface area contributed by atoms with Crippen molar-refractivity contribution in [3.05, 3.63) is 42.2 Å². The summed E-state index contributed by atoms with van der Waals surface area (Å²) in [6.45, 7) is 0. The Labute approximate surface area is 87.2 Å². The minimum absolute atomic E-state index is 0.587. The van der Waals surface area contributed by atoms with Gasteiger partial charge in [-0.1, -0.05) is 17.3 Å². The maximum atomic E-state index is 9.98. The van der Waals surface area contributed by atoms with Gasteiger partial charge in [0.2, 0.25) is 0 Å². The number of aliphatic hydroxyl groups is 1. The van der Waals surface area contributed by atoms with Crippen LogP contribution in [0.5, 0.6) is 0 Å². The number of nitrogens with zero attached hydrogens (tertiary/aromatic N) is 3. The lowest BCUT2D eigenvalue weighted by molar-refractivity contribution is 0.151. The predicted octanol–water partition coefficient (Wildman–Crippen LogP) is 1.25. The van der Waals surface area contributed by atoms with Gasteiger partial charge in [-0.3, -0.25) is 0 Å². The summed E-state index contributed by atoms with van der Waals surface area (Å²) in [5.74, 6) is 0. The fraction of sp³-hybridized carbons (Fsp3) is 0.273. The Morgan fingerprint density at radius 1 is 1.33 bits per heavy atom. The monoisotopic (exact) mass is 201 g/mol. The van der Waals surface area contributed by atoms with Gasteiger partial charge in [0.1, 0.15) is 0 Å². The molecule has 0 bridgehead atoms. The average Bonchev–Trinajstić information content (AvgIpc) is 2.84. The first-order valence-corrected chi connectivity index (χ1v) is 4.98. The molecule has 2 aromatic rings. The molecule has 3 rings (SSSR count). The van der Waals surface area contributed by atoms with E-state index in [4.69, 9.17) is 0 Å². The van der Waals surface area contributed by atoms with Crippen LogP contribution in [0.25, 0.3) is 5.69 Å². The molecule has 0 atom stereocenters. The van der Waals surface area contributed by atoms with E-state index in [2.05, 4.69) is 10.3 Å². The van der Waals surface area contributed by atoms with Crippen molar-refractivity contribution in [2.75, 3.05) is 0 Å². The Kier molecular flexibility index (Phi) is 1.67. The fourth-order valence-electron chi connectivity index (χ4n) is 1.69. The largest absolute Gasteiger partial charge is 0.385 e. The molecule has 1 fully saturated rings. The molecular formula is C11H11N3O. The topological polar surface area (TPSA) is 50.9 Å². The third-order valence-electron chi connectivity index (χ3n) is 2.79. The van der Waals surface area contributed by atoms with E-state index in [0.717, 1.165) is 24.1 Å². The lowest BCUT2D eigenvalue weighted by atomic mass is 10.1. The van der Waals surface area contributed by atoms with Gasteiger partial charge in [0.15, 0.2) is 0 Å². The molecule has 0 spiro atoms. The molecule has 4 heteroatoms. The molecule has 1 heterocycles. The van der Waals surface area contributed by atoms with Crippen LogP contribution in [0, 0.1) is 0 Å². The van der Waals surface area contributed by atoms with Crippen LogP contribution in [-0.4, -0.2) is 20.1 Å². The van der Waals surface area contributed by atoms with Gasteiger partial charge in [0.05, 0.1) is 23.7 Å². The van der Waals surface area contributed by atoms with Crippen molar-refractivity contribution >= 4 is 0 Å². The van der Waals surface area contributed by atoms with Gasteiger partial charge in [-0.15, -0.1) is 5.10 Å². The Hall–Kier alpha value is -1.68. The second-order valence-corrected chi connectivity index (χ2v) is 3.93. The van der Waals surface area contributed by atoms with Crippen molar-refractivity contribution in [2.45, 2.75) is 18.4 Å². The zero-order valence-corrected chi connectivity index (χ0v) is 8.17. The molecule has 4 nitrogen and oxygen atoms in total. The number of hydrogen-bond donors (Lipinski definition) is 1. The third-order valence-corrected chi connectivity index (χ3v) is 2.79. The minimum Gasteiger partial charge on any atom is -0.385 e. The van der Waals surface area contributed by atoms with Crippen LogP contribution in [0.3, 0.4) is 0 Å². The van der Waals surface area contributed by atoms with E-state index in [0.29, 0.717) is 0 Å². The summed E-state index contributed by atoms with van der Waals surface area (Å²) >= 11 is 0. The summed E-state index contributed by atoms with van der Waals surface area (Å²) in [7, 11) is 0. The molecule has 1 aliphatic carbocycles. The summed E-state index contributed by atoms with van der Waals surface area (Å²) in [5.41, 5.74) is 1.32. The molecule has 76 valence electrons. The molecule has 1 aromatic carbocycles. The molecule has 0 unspecified atom stereocenters. The third kappa shape index (κ3) is 1.43. The van der Waals surface area contributed by atoms with Gasteiger partial charge < -0.3 is 5.11 Å². The predicted molar refractivity (Wildman–Crippen MR) is 54.5 cm³/mol. The van der Waals surface area contributed by atoms with Crippen LogP contribution in [0.15, 0.2) is 36.7 Å². The molecule has 0 radical (unpaired) electrons. The number of rotatable bonds is 2. The first kappa shape index (κ1) is 8.61. The van der Waals surface area contributed by atoms with Crippen LogP contribution in [0.2, 0.25) is 0 Å². The normalized spacial score (nSPS) is 17.7. The molecule has 1 saturated carbocycles. The highest BCUT2D eigenvalue weighted by Crippen LogP contribution is 2.45. The molecule has 1 N–H and O–H groups in total. The van der Waals surface area contributed by atoms with Crippen LogP contribution in [0.1, 0.15) is 18.4 Å². The Morgan fingerprint density at radius 2 is 2.20 bits per heavy atom. The summed E-state index contributed by atoms with van der Waals surface area (Å²) in [6, 6.07) is 7.79. The van der Waals surface area contributed by atoms with E-state index in [-0.39, 0.29) is 0 Å². The molecule has 1 aliphatic rings. The van der Waals surface area contributed by atoms with E-state index in [1.54, 1.807) is 17.1 Å². The molecule has 15 heavy (non-hydrogen) atoms. The molecule has 1 aromatic heterocycles. The molecule has 0 saturated heterocycles. The Bertz CT molecular complexity index is 474. The van der Waals surface area contributed by atoms with Gasteiger partial charge in [-0.05, 0) is 30.5 Å². The summed E-state index contributed by atoms with van der Waals surface area (Å²) < 4.78 is 1.69. The van der Waals surface area contributed by atoms with E-state index < -0.39 is 5.60 Å². The van der Waals surface area contributed by atoms with Gasteiger partial charge in [0, 0.05) is 0 Å². The Morgan fingerprint density at radius 3 is 2.87 bits per heavy atom. The molecule has 0 amide bonds. The van der Waals surface area contributed by atoms with Gasteiger partial charge in [0.25, 0.3) is 0 Å². The van der Waals surface area contributed by atoms with Crippen molar-refractivity contribution in [3.8, 4) is 5.69 Å². The van der Waals surface area contributed by atoms with E-state index in [1.807, 2.05) is 24.3 Å². The highest BCUT2D eigenvalue weighted by Gasteiger charge is 2.42. The van der Waals surface area contributed by atoms with Crippen LogP contribution in [-0.2, 0) is 5.60 Å². The Balaban J connectivity index is 2.04. The molecule has 0 aliphatic heterocycles. The smallest absolute Gasteiger partial charge is 0.0899 e. The van der Waals surface area contributed by atoms with Crippen LogP contribution >= 0.6 is 0 Å². The first-order chi connectivity index (χ1) is 7.28. The van der Waals surface area contributed by atoms with Crippen molar-refractivity contribution < 1.29 is 5.11 Å². The number of benzene rings is 1. The van der Waals surface area contributed by atoms with Crippen LogP contribution in [0.4, 0.5) is 0 Å². The van der Waals surface area contributed by atoms with E-state index in [1.165, 1.54) is 0 Å². The van der Waals surface area contributed by atoms with Crippen LogP contribution < -0.4 is 0 Å². The second-order valence-electron chi connectivity index (χ2n) is 3.93. The van der Waals surface area contributed by atoms with Crippen molar-refractivity contribution in [2.24, 2.45) is 0 Å². The molecular weight excluding hydrogens is 190 g/mol. The standard InChI is InChI=1S/C11H11N3O/c15-11(4-5-11)9-2-1-3-10(8-9)14-7-6-12-13-14/h1-3,6-8,15H,4-5H2. The average molecular weight is 201 g/mol. The fourth-order valence-corrected chi connectivity index (χ4v) is 1.69. The van der Waals surface area contributed by atoms with E-state index in [9.17, 15) is 5.11 Å². The highest BCUT2D eigenvalue weighted by atomic mass is 16.3. The van der Waals surface area contributed by atoms with Crippen molar-refractivity contribution in [1.29, 1.82) is 0 Å². The summed E-state index contributed by atoms with van der Waals surface area (Å²) in [6.07, 6.45) is 5.14. The van der Waals surface area contributed by atoms with Gasteiger partial charge in [-0.2, -0.15) is 0 Å². The SMILES string of the molecule is OC1(c2cccc(-n3ccnn3)c2)CC1. The maximum Gasteiger partial charge on any atom is 0.0899 e. The van der Waals surface area contributed by atoms with Crippen molar-refractivity contribution in [3.63, 3.8) is 0 Å². The van der Waals surface area contributed by atoms with Gasteiger partial charge in [-0.25, -0.2) is 4.68 Å². The first-order valence-electron chi connectivity index (χ1n) is 4.98. The summed E-state index contributed by atoms with van der Waals surface area (Å²) in [5, 5.41) is 17.6.